The summed E-state index contributed by atoms with van der Waals surface area (Å²) in [6, 6.07) is 13.1. The number of esters is 1. The summed E-state index contributed by atoms with van der Waals surface area (Å²) in [5.74, 6) is 0.0480. The van der Waals surface area contributed by atoms with Crippen molar-refractivity contribution in [2.75, 3.05) is 19.7 Å². The minimum Gasteiger partial charge on any atom is -0.489 e. The first-order valence-corrected chi connectivity index (χ1v) is 10.5. The van der Waals surface area contributed by atoms with Crippen LogP contribution in [-0.2, 0) is 16.0 Å². The van der Waals surface area contributed by atoms with Crippen molar-refractivity contribution >= 4 is 47.6 Å². The molecule has 33 heavy (non-hydrogen) atoms. The highest BCUT2D eigenvalue weighted by Crippen LogP contribution is 2.30. The summed E-state index contributed by atoms with van der Waals surface area (Å²) in [5, 5.41) is 11.8. The van der Waals surface area contributed by atoms with Crippen LogP contribution in [0, 0.1) is 5.41 Å². The number of hydrogen-bond donors (Lipinski definition) is 3. The maximum absolute atomic E-state index is 12.8. The van der Waals surface area contributed by atoms with E-state index in [0.29, 0.717) is 24.2 Å². The fourth-order valence-corrected chi connectivity index (χ4v) is 3.91. The molecule has 2 atom stereocenters. The van der Waals surface area contributed by atoms with Gasteiger partial charge < -0.3 is 24.9 Å². The lowest BCUT2D eigenvalue weighted by atomic mass is 9.91. The zero-order valence-corrected chi connectivity index (χ0v) is 20.0. The van der Waals surface area contributed by atoms with Gasteiger partial charge in [-0.25, -0.2) is 0 Å². The highest BCUT2D eigenvalue weighted by molar-refractivity contribution is 5.98. The first-order chi connectivity index (χ1) is 15.0. The van der Waals surface area contributed by atoms with Crippen LogP contribution in [0.1, 0.15) is 36.0 Å². The van der Waals surface area contributed by atoms with Gasteiger partial charge >= 0.3 is 5.97 Å². The van der Waals surface area contributed by atoms with E-state index in [1.54, 1.807) is 25.3 Å². The molecule has 4 N–H and O–H groups in total. The molecule has 7 nitrogen and oxygen atoms in total. The molecule has 1 saturated heterocycles. The molecule has 1 aromatic heterocycles. The van der Waals surface area contributed by atoms with Crippen molar-refractivity contribution < 1.29 is 18.7 Å². The van der Waals surface area contributed by atoms with E-state index in [0.717, 1.165) is 41.8 Å². The molecule has 1 fully saturated rings. The normalized spacial score (nSPS) is 15.8. The van der Waals surface area contributed by atoms with E-state index in [4.69, 9.17) is 25.0 Å². The maximum Gasteiger partial charge on any atom is 0.313 e. The number of amidine groups is 1. The SMILES string of the molecule is CCOC(=O)C(Cc1coc2cc(C(=N)N)ccc12)c1ccc(O[C@H]2CCNC2)cc1.Cl.Cl. The summed E-state index contributed by atoms with van der Waals surface area (Å²) in [6.45, 7) is 3.95. The van der Waals surface area contributed by atoms with E-state index >= 15 is 0 Å². The molecule has 4 rings (SSSR count). The second-order valence-electron chi connectivity index (χ2n) is 7.70. The Balaban J connectivity index is 0.00000193. The average molecular weight is 494 g/mol. The molecule has 0 spiro atoms. The third-order valence-corrected chi connectivity index (χ3v) is 5.56. The number of fused-ring (bicyclic) bond motifs is 1. The topological polar surface area (TPSA) is 111 Å². The largest absolute Gasteiger partial charge is 0.489 e. The summed E-state index contributed by atoms with van der Waals surface area (Å²) in [4.78, 5) is 12.8. The lowest BCUT2D eigenvalue weighted by molar-refractivity contribution is -0.144. The minimum absolute atomic E-state index is 0. The van der Waals surface area contributed by atoms with Crippen molar-refractivity contribution in [3.63, 3.8) is 0 Å². The van der Waals surface area contributed by atoms with Crippen LogP contribution in [0.3, 0.4) is 0 Å². The lowest BCUT2D eigenvalue weighted by Crippen LogP contribution is -2.20. The van der Waals surface area contributed by atoms with Crippen molar-refractivity contribution in [3.8, 4) is 5.75 Å². The Hall–Kier alpha value is -2.74. The Morgan fingerprint density at radius 3 is 2.64 bits per heavy atom. The van der Waals surface area contributed by atoms with Crippen LogP contribution < -0.4 is 15.8 Å². The van der Waals surface area contributed by atoms with Crippen molar-refractivity contribution in [3.05, 3.63) is 65.4 Å². The molecule has 1 aliphatic rings. The standard InChI is InChI=1S/C24H27N3O4.2ClH/c1-2-29-24(28)21(15-3-6-18(7-4-15)31-19-9-10-27-13-19)11-17-14-30-22-12-16(23(25)26)5-8-20(17)22;;/h3-8,12,14,19,21,27H,2,9-11,13H2,1H3,(H3,25,26);2*1H/t19-,21?;;/m0../s1. The fraction of sp³-hybridized carbons (Fsp3) is 0.333. The van der Waals surface area contributed by atoms with Crippen LogP contribution in [0.15, 0.2) is 53.1 Å². The van der Waals surface area contributed by atoms with Gasteiger partial charge in [-0.05, 0) is 55.6 Å². The summed E-state index contributed by atoms with van der Waals surface area (Å²) in [5.41, 5.74) is 8.58. The van der Waals surface area contributed by atoms with Gasteiger partial charge in [0, 0.05) is 17.5 Å². The Kier molecular flexibility index (Phi) is 9.58. The number of furan rings is 1. The third kappa shape index (κ3) is 6.19. The molecular formula is C24H29Cl2N3O4. The van der Waals surface area contributed by atoms with Crippen LogP contribution in [0.5, 0.6) is 5.75 Å². The molecule has 2 heterocycles. The zero-order chi connectivity index (χ0) is 21.8. The van der Waals surface area contributed by atoms with Crippen LogP contribution in [0.2, 0.25) is 0 Å². The van der Waals surface area contributed by atoms with E-state index in [9.17, 15) is 4.79 Å². The number of benzene rings is 2. The molecule has 1 aliphatic heterocycles. The Morgan fingerprint density at radius 2 is 2.00 bits per heavy atom. The highest BCUT2D eigenvalue weighted by Gasteiger charge is 2.25. The third-order valence-electron chi connectivity index (χ3n) is 5.56. The molecule has 0 aliphatic carbocycles. The maximum atomic E-state index is 12.8. The van der Waals surface area contributed by atoms with Crippen LogP contribution in [-0.4, -0.2) is 37.6 Å². The summed E-state index contributed by atoms with van der Waals surface area (Å²) in [6.07, 6.45) is 3.28. The predicted molar refractivity (Wildman–Crippen MR) is 133 cm³/mol. The number of rotatable bonds is 8. The molecule has 0 bridgehead atoms. The molecule has 0 radical (unpaired) electrons. The summed E-state index contributed by atoms with van der Waals surface area (Å²) in [7, 11) is 0. The van der Waals surface area contributed by atoms with Crippen LogP contribution in [0.25, 0.3) is 11.0 Å². The molecule has 178 valence electrons. The second-order valence-corrected chi connectivity index (χ2v) is 7.70. The molecule has 2 aromatic carbocycles. The number of carbonyl (C=O) groups excluding carboxylic acids is 1. The summed E-state index contributed by atoms with van der Waals surface area (Å²) >= 11 is 0. The van der Waals surface area contributed by atoms with Crippen LogP contribution in [0.4, 0.5) is 0 Å². The second kappa shape index (κ2) is 11.9. The van der Waals surface area contributed by atoms with Crippen LogP contribution >= 0.6 is 24.8 Å². The van der Waals surface area contributed by atoms with E-state index in [1.807, 2.05) is 30.3 Å². The van der Waals surface area contributed by atoms with Gasteiger partial charge in [0.15, 0.2) is 0 Å². The molecule has 9 heteroatoms. The van der Waals surface area contributed by atoms with E-state index < -0.39 is 5.92 Å². The Bertz CT molecular complexity index is 1080. The minimum atomic E-state index is -0.463. The molecule has 1 unspecified atom stereocenters. The molecule has 0 amide bonds. The zero-order valence-electron chi connectivity index (χ0n) is 18.3. The summed E-state index contributed by atoms with van der Waals surface area (Å²) < 4.78 is 17.0. The molecule has 3 aromatic rings. The van der Waals surface area contributed by atoms with Gasteiger partial charge in [-0.3, -0.25) is 10.2 Å². The van der Waals surface area contributed by atoms with Gasteiger partial charge in [-0.2, -0.15) is 0 Å². The molecular weight excluding hydrogens is 465 g/mol. The highest BCUT2D eigenvalue weighted by atomic mass is 35.5. The predicted octanol–water partition coefficient (Wildman–Crippen LogP) is 4.19. The Labute approximate surface area is 205 Å². The van der Waals surface area contributed by atoms with E-state index in [1.165, 1.54) is 0 Å². The van der Waals surface area contributed by atoms with Gasteiger partial charge in [-0.1, -0.05) is 24.3 Å². The van der Waals surface area contributed by atoms with Crippen molar-refractivity contribution in [1.29, 1.82) is 5.41 Å². The van der Waals surface area contributed by atoms with Gasteiger partial charge in [0.25, 0.3) is 0 Å². The number of nitrogens with two attached hydrogens (primary N) is 1. The monoisotopic (exact) mass is 493 g/mol. The van der Waals surface area contributed by atoms with Gasteiger partial charge in [0.1, 0.15) is 23.3 Å². The van der Waals surface area contributed by atoms with E-state index in [2.05, 4.69) is 5.32 Å². The lowest BCUT2D eigenvalue weighted by Gasteiger charge is -2.17. The van der Waals surface area contributed by atoms with Crippen molar-refractivity contribution in [1.82, 2.24) is 5.32 Å². The molecule has 0 saturated carbocycles. The number of hydrogen-bond acceptors (Lipinski definition) is 6. The van der Waals surface area contributed by atoms with Crippen molar-refractivity contribution in [2.45, 2.75) is 31.8 Å². The smallest absolute Gasteiger partial charge is 0.313 e. The Morgan fingerprint density at radius 1 is 1.24 bits per heavy atom. The van der Waals surface area contributed by atoms with Gasteiger partial charge in [-0.15, -0.1) is 24.8 Å². The number of carbonyl (C=O) groups is 1. The first-order valence-electron chi connectivity index (χ1n) is 10.5. The van der Waals surface area contributed by atoms with Gasteiger partial charge in [0.05, 0.1) is 18.8 Å². The quantitative estimate of drug-likeness (QED) is 0.246. The van der Waals surface area contributed by atoms with E-state index in [-0.39, 0.29) is 42.7 Å². The number of nitrogen functional groups attached to an aromatic ring is 1. The number of nitrogens with one attached hydrogen (secondary N) is 2. The number of ether oxygens (including phenoxy) is 2. The first kappa shape index (κ1) is 26.5. The fourth-order valence-electron chi connectivity index (χ4n) is 3.91. The number of halogens is 2. The average Bonchev–Trinajstić information content (AvgIpc) is 3.42. The van der Waals surface area contributed by atoms with Gasteiger partial charge in [0.2, 0.25) is 0 Å². The van der Waals surface area contributed by atoms with Crippen molar-refractivity contribution in [2.24, 2.45) is 5.73 Å².